The molecule has 0 amide bonds. The highest BCUT2D eigenvalue weighted by atomic mass is 16.5. The van der Waals surface area contributed by atoms with Crippen LogP contribution in [0, 0.1) is 0 Å². The molecule has 0 aliphatic carbocycles. The van der Waals surface area contributed by atoms with Crippen molar-refractivity contribution in [2.24, 2.45) is 4.99 Å². The summed E-state index contributed by atoms with van der Waals surface area (Å²) in [5.41, 5.74) is 3.32. The maximum Gasteiger partial charge on any atom is 0.234 e. The van der Waals surface area contributed by atoms with Crippen LogP contribution in [0.5, 0.6) is 5.75 Å². The number of aromatic nitrogens is 1. The molecule has 4 nitrogen and oxygen atoms in total. The largest absolute Gasteiger partial charge is 0.494 e. The van der Waals surface area contributed by atoms with E-state index in [4.69, 9.17) is 14.5 Å². The lowest BCUT2D eigenvalue weighted by Gasteiger charge is -2.13. The monoisotopic (exact) mass is 346 g/mol. The number of aliphatic imine (C=N–C) groups is 1. The van der Waals surface area contributed by atoms with E-state index in [0.29, 0.717) is 19.1 Å². The van der Waals surface area contributed by atoms with Crippen LogP contribution in [-0.4, -0.2) is 23.7 Å². The Kier molecular flexibility index (Phi) is 4.73. The van der Waals surface area contributed by atoms with E-state index in [2.05, 4.69) is 35.0 Å². The van der Waals surface area contributed by atoms with Gasteiger partial charge in [0.15, 0.2) is 0 Å². The first-order chi connectivity index (χ1) is 12.8. The van der Waals surface area contributed by atoms with E-state index in [-0.39, 0.29) is 6.04 Å². The molecule has 2 aromatic carbocycles. The first-order valence-corrected chi connectivity index (χ1v) is 8.97. The Morgan fingerprint density at radius 2 is 1.85 bits per heavy atom. The van der Waals surface area contributed by atoms with Gasteiger partial charge in [-0.1, -0.05) is 48.5 Å². The zero-order valence-corrected chi connectivity index (χ0v) is 14.8. The van der Waals surface area contributed by atoms with E-state index in [1.807, 2.05) is 49.4 Å². The predicted molar refractivity (Wildman–Crippen MR) is 103 cm³/mol. The third kappa shape index (κ3) is 3.36. The first-order valence-electron chi connectivity index (χ1n) is 8.97. The van der Waals surface area contributed by atoms with Crippen molar-refractivity contribution in [3.63, 3.8) is 0 Å². The van der Waals surface area contributed by atoms with Crippen molar-refractivity contribution in [3.8, 4) is 5.75 Å². The quantitative estimate of drug-likeness (QED) is 0.661. The molecule has 4 heteroatoms. The number of para-hydroxylation sites is 1. The van der Waals surface area contributed by atoms with E-state index in [1.165, 1.54) is 5.56 Å². The topological polar surface area (TPSA) is 35.8 Å². The summed E-state index contributed by atoms with van der Waals surface area (Å²) in [6.45, 7) is 3.96. The molecule has 2 heterocycles. The van der Waals surface area contributed by atoms with Gasteiger partial charge in [0.1, 0.15) is 24.1 Å². The molecular weight excluding hydrogens is 324 g/mol. The predicted octanol–water partition coefficient (Wildman–Crippen LogP) is 4.45. The van der Waals surface area contributed by atoms with Gasteiger partial charge in [-0.3, -0.25) is 0 Å². The van der Waals surface area contributed by atoms with Crippen LogP contribution in [0.2, 0.25) is 0 Å². The molecule has 0 fully saturated rings. The van der Waals surface area contributed by atoms with Crippen LogP contribution in [-0.2, 0) is 11.3 Å². The highest BCUT2D eigenvalue weighted by molar-refractivity contribution is 5.93. The Bertz CT molecular complexity index is 899. The van der Waals surface area contributed by atoms with Crippen molar-refractivity contribution in [1.29, 1.82) is 0 Å². The number of ether oxygens (including phenoxy) is 2. The first kappa shape index (κ1) is 16.5. The molecule has 0 saturated carbocycles. The highest BCUT2D eigenvalue weighted by Gasteiger charge is 2.23. The van der Waals surface area contributed by atoms with E-state index >= 15 is 0 Å². The normalized spacial score (nSPS) is 16.2. The summed E-state index contributed by atoms with van der Waals surface area (Å²) in [6.07, 6.45) is 2.06. The van der Waals surface area contributed by atoms with Crippen molar-refractivity contribution < 1.29 is 9.47 Å². The van der Waals surface area contributed by atoms with E-state index in [9.17, 15) is 0 Å². The van der Waals surface area contributed by atoms with Crippen LogP contribution in [0.25, 0.3) is 0 Å². The van der Waals surface area contributed by atoms with Crippen molar-refractivity contribution in [3.05, 3.63) is 89.7 Å². The summed E-state index contributed by atoms with van der Waals surface area (Å²) in [6, 6.07) is 22.6. The van der Waals surface area contributed by atoms with E-state index in [0.717, 1.165) is 23.6 Å². The van der Waals surface area contributed by atoms with Gasteiger partial charge in [-0.05, 0) is 30.7 Å². The highest BCUT2D eigenvalue weighted by Crippen LogP contribution is 2.26. The molecule has 0 N–H and O–H groups in total. The third-order valence-electron chi connectivity index (χ3n) is 4.50. The zero-order chi connectivity index (χ0) is 17.8. The van der Waals surface area contributed by atoms with E-state index in [1.54, 1.807) is 0 Å². The third-order valence-corrected chi connectivity index (χ3v) is 4.50. The van der Waals surface area contributed by atoms with Gasteiger partial charge in [0.2, 0.25) is 5.90 Å². The average Bonchev–Trinajstić information content (AvgIpc) is 3.33. The summed E-state index contributed by atoms with van der Waals surface area (Å²) in [5, 5.41) is 0. The lowest BCUT2D eigenvalue weighted by Crippen LogP contribution is -2.11. The minimum absolute atomic E-state index is 0.0604. The molecule has 0 unspecified atom stereocenters. The Hall–Kier alpha value is -3.01. The number of rotatable bonds is 6. The van der Waals surface area contributed by atoms with Crippen molar-refractivity contribution in [1.82, 2.24) is 4.57 Å². The average molecular weight is 346 g/mol. The number of nitrogens with zero attached hydrogens (tertiary/aromatic N) is 2. The molecule has 1 aliphatic rings. The number of hydrogen-bond donors (Lipinski definition) is 0. The van der Waals surface area contributed by atoms with Gasteiger partial charge in [0.05, 0.1) is 13.2 Å². The van der Waals surface area contributed by atoms with Crippen LogP contribution in [0.3, 0.4) is 0 Å². The summed E-state index contributed by atoms with van der Waals surface area (Å²) >= 11 is 0. The molecule has 4 rings (SSSR count). The Morgan fingerprint density at radius 3 is 2.69 bits per heavy atom. The van der Waals surface area contributed by atoms with Crippen LogP contribution in [0.1, 0.15) is 29.8 Å². The number of benzene rings is 2. The van der Waals surface area contributed by atoms with Crippen molar-refractivity contribution in [2.45, 2.75) is 19.5 Å². The number of hydrogen-bond acceptors (Lipinski definition) is 3. The molecule has 1 aromatic heterocycles. The van der Waals surface area contributed by atoms with Crippen LogP contribution >= 0.6 is 0 Å². The maximum absolute atomic E-state index is 5.92. The lowest BCUT2D eigenvalue weighted by atomic mass is 10.1. The summed E-state index contributed by atoms with van der Waals surface area (Å²) < 4.78 is 13.8. The van der Waals surface area contributed by atoms with Gasteiger partial charge in [0, 0.05) is 11.8 Å². The zero-order valence-electron chi connectivity index (χ0n) is 14.8. The van der Waals surface area contributed by atoms with Crippen molar-refractivity contribution >= 4 is 5.90 Å². The second kappa shape index (κ2) is 7.48. The van der Waals surface area contributed by atoms with Crippen LogP contribution in [0.4, 0.5) is 0 Å². The van der Waals surface area contributed by atoms with Gasteiger partial charge < -0.3 is 14.0 Å². The van der Waals surface area contributed by atoms with Gasteiger partial charge >= 0.3 is 0 Å². The molecule has 1 atom stereocenters. The fraction of sp³-hybridized carbons (Fsp3) is 0.227. The fourth-order valence-corrected chi connectivity index (χ4v) is 3.22. The standard InChI is InChI=1S/C22H22N2O2/c1-2-25-21-13-7-6-11-18(21)15-24-14-8-12-20(24)22-23-19(16-26-22)17-9-4-3-5-10-17/h3-14,19H,2,15-16H2,1H3/t19-/m0/s1. The molecule has 0 radical (unpaired) electrons. The smallest absolute Gasteiger partial charge is 0.234 e. The Balaban J connectivity index is 1.58. The Labute approximate surface area is 153 Å². The Morgan fingerprint density at radius 1 is 1.04 bits per heavy atom. The summed E-state index contributed by atoms with van der Waals surface area (Å²) in [4.78, 5) is 4.80. The van der Waals surface area contributed by atoms with Gasteiger partial charge in [-0.2, -0.15) is 0 Å². The van der Waals surface area contributed by atoms with Crippen LogP contribution in [0.15, 0.2) is 77.9 Å². The second-order valence-electron chi connectivity index (χ2n) is 6.23. The summed E-state index contributed by atoms with van der Waals surface area (Å²) in [5.74, 6) is 1.63. The molecule has 3 aromatic rings. The fourth-order valence-electron chi connectivity index (χ4n) is 3.22. The minimum Gasteiger partial charge on any atom is -0.494 e. The maximum atomic E-state index is 5.92. The van der Waals surface area contributed by atoms with Crippen LogP contribution < -0.4 is 4.74 Å². The lowest BCUT2D eigenvalue weighted by molar-refractivity contribution is 0.318. The molecule has 0 bridgehead atoms. The van der Waals surface area contributed by atoms with E-state index < -0.39 is 0 Å². The van der Waals surface area contributed by atoms with Gasteiger partial charge in [0.25, 0.3) is 0 Å². The molecule has 1 aliphatic heterocycles. The molecule has 0 saturated heterocycles. The second-order valence-corrected chi connectivity index (χ2v) is 6.23. The van der Waals surface area contributed by atoms with Gasteiger partial charge in [-0.15, -0.1) is 0 Å². The molecule has 132 valence electrons. The minimum atomic E-state index is 0.0604. The molecule has 26 heavy (non-hydrogen) atoms. The van der Waals surface area contributed by atoms with Crippen molar-refractivity contribution in [2.75, 3.05) is 13.2 Å². The van der Waals surface area contributed by atoms with Gasteiger partial charge in [-0.25, -0.2) is 4.99 Å². The molecular formula is C22H22N2O2. The molecule has 0 spiro atoms. The SMILES string of the molecule is CCOc1ccccc1Cn1cccc1C1=N[C@H](c2ccccc2)CO1. The summed E-state index contributed by atoms with van der Waals surface area (Å²) in [7, 11) is 0.